The van der Waals surface area contributed by atoms with Crippen molar-refractivity contribution in [3.8, 4) is 11.1 Å². The first-order valence-electron chi connectivity index (χ1n) is 8.58. The van der Waals surface area contributed by atoms with Crippen LogP contribution in [0.25, 0.3) is 16.8 Å². The number of hydrogen-bond donors (Lipinski definition) is 1. The fourth-order valence-corrected chi connectivity index (χ4v) is 3.60. The standard InChI is InChI=1S/C19H21ClN4/c1-13-11-18(23-16-5-3-2-4-6-16)24-19(22-13)17(12-21-24)14-7-9-15(20)10-8-14/h7-12,16,23H,2-6H2,1H3. The van der Waals surface area contributed by atoms with Gasteiger partial charge in [0.1, 0.15) is 5.82 Å². The number of aromatic nitrogens is 3. The highest BCUT2D eigenvalue weighted by atomic mass is 35.5. The number of halogens is 1. The summed E-state index contributed by atoms with van der Waals surface area (Å²) in [6.07, 6.45) is 8.31. The zero-order valence-corrected chi connectivity index (χ0v) is 14.6. The lowest BCUT2D eigenvalue weighted by molar-refractivity contribution is 0.461. The van der Waals surface area contributed by atoms with Crippen LogP contribution in [0.2, 0.25) is 5.02 Å². The van der Waals surface area contributed by atoms with E-state index in [1.54, 1.807) is 0 Å². The number of rotatable bonds is 3. The summed E-state index contributed by atoms with van der Waals surface area (Å²) in [7, 11) is 0. The van der Waals surface area contributed by atoms with Gasteiger partial charge < -0.3 is 5.32 Å². The van der Waals surface area contributed by atoms with Crippen LogP contribution >= 0.6 is 11.6 Å². The van der Waals surface area contributed by atoms with Gasteiger partial charge >= 0.3 is 0 Å². The van der Waals surface area contributed by atoms with Gasteiger partial charge in [0.05, 0.1) is 6.20 Å². The van der Waals surface area contributed by atoms with E-state index in [0.717, 1.165) is 33.3 Å². The van der Waals surface area contributed by atoms with Crippen LogP contribution < -0.4 is 5.32 Å². The molecule has 1 aliphatic carbocycles. The molecule has 0 amide bonds. The summed E-state index contributed by atoms with van der Waals surface area (Å²) in [6, 6.07) is 10.4. The summed E-state index contributed by atoms with van der Waals surface area (Å²) in [4.78, 5) is 4.72. The molecule has 2 heterocycles. The molecule has 1 N–H and O–H groups in total. The quantitative estimate of drug-likeness (QED) is 0.721. The van der Waals surface area contributed by atoms with Crippen molar-refractivity contribution < 1.29 is 0 Å². The summed E-state index contributed by atoms with van der Waals surface area (Å²) in [6.45, 7) is 2.03. The second kappa shape index (κ2) is 6.44. The Labute approximate surface area is 146 Å². The molecule has 1 saturated carbocycles. The first kappa shape index (κ1) is 15.5. The molecular formula is C19H21ClN4. The van der Waals surface area contributed by atoms with E-state index < -0.39 is 0 Å². The normalized spacial score (nSPS) is 15.8. The Morgan fingerprint density at radius 3 is 2.62 bits per heavy atom. The molecule has 3 aromatic rings. The van der Waals surface area contributed by atoms with Gasteiger partial charge in [0, 0.05) is 28.4 Å². The molecule has 0 spiro atoms. The molecule has 2 aromatic heterocycles. The zero-order valence-electron chi connectivity index (χ0n) is 13.8. The van der Waals surface area contributed by atoms with E-state index in [1.165, 1.54) is 32.1 Å². The minimum Gasteiger partial charge on any atom is -0.367 e. The molecule has 4 nitrogen and oxygen atoms in total. The largest absolute Gasteiger partial charge is 0.367 e. The first-order chi connectivity index (χ1) is 11.7. The van der Waals surface area contributed by atoms with Crippen LogP contribution in [-0.4, -0.2) is 20.6 Å². The van der Waals surface area contributed by atoms with E-state index in [-0.39, 0.29) is 0 Å². The van der Waals surface area contributed by atoms with Crippen LogP contribution in [0.5, 0.6) is 0 Å². The summed E-state index contributed by atoms with van der Waals surface area (Å²) < 4.78 is 1.92. The molecule has 1 fully saturated rings. The van der Waals surface area contributed by atoms with Gasteiger partial charge in [-0.05, 0) is 37.5 Å². The highest BCUT2D eigenvalue weighted by Gasteiger charge is 2.17. The summed E-state index contributed by atoms with van der Waals surface area (Å²) in [5.74, 6) is 1.03. The van der Waals surface area contributed by atoms with Crippen molar-refractivity contribution in [1.82, 2.24) is 14.6 Å². The highest BCUT2D eigenvalue weighted by molar-refractivity contribution is 6.30. The SMILES string of the molecule is Cc1cc(NC2CCCCC2)n2ncc(-c3ccc(Cl)cc3)c2n1. The Bertz CT molecular complexity index is 848. The van der Waals surface area contributed by atoms with Crippen molar-refractivity contribution >= 4 is 23.1 Å². The molecule has 0 saturated heterocycles. The molecule has 0 bridgehead atoms. The van der Waals surface area contributed by atoms with E-state index in [4.69, 9.17) is 16.6 Å². The molecule has 1 aliphatic rings. The number of fused-ring (bicyclic) bond motifs is 1. The minimum atomic E-state index is 0.534. The van der Waals surface area contributed by atoms with Crippen molar-refractivity contribution in [2.75, 3.05) is 5.32 Å². The van der Waals surface area contributed by atoms with Gasteiger partial charge in [0.2, 0.25) is 0 Å². The third-order valence-electron chi connectivity index (χ3n) is 4.71. The average molecular weight is 341 g/mol. The Kier molecular flexibility index (Phi) is 4.15. The monoisotopic (exact) mass is 340 g/mol. The van der Waals surface area contributed by atoms with Crippen molar-refractivity contribution in [1.29, 1.82) is 0 Å². The Morgan fingerprint density at radius 2 is 1.88 bits per heavy atom. The Morgan fingerprint density at radius 1 is 1.12 bits per heavy atom. The van der Waals surface area contributed by atoms with Crippen LogP contribution in [0.3, 0.4) is 0 Å². The number of nitrogens with zero attached hydrogens (tertiary/aromatic N) is 3. The predicted molar refractivity (Wildman–Crippen MR) is 98.7 cm³/mol. The van der Waals surface area contributed by atoms with Crippen molar-refractivity contribution in [2.24, 2.45) is 0 Å². The van der Waals surface area contributed by atoms with E-state index in [0.29, 0.717) is 6.04 Å². The molecule has 0 unspecified atom stereocenters. The number of nitrogens with one attached hydrogen (secondary N) is 1. The van der Waals surface area contributed by atoms with Crippen molar-refractivity contribution in [3.05, 3.63) is 47.2 Å². The molecule has 0 aliphatic heterocycles. The van der Waals surface area contributed by atoms with Gasteiger partial charge in [-0.25, -0.2) is 4.98 Å². The van der Waals surface area contributed by atoms with Crippen LogP contribution in [0.1, 0.15) is 37.8 Å². The summed E-state index contributed by atoms with van der Waals surface area (Å²) in [5, 5.41) is 9.00. The van der Waals surface area contributed by atoms with Gasteiger partial charge in [-0.1, -0.05) is 43.0 Å². The molecule has 1 aromatic carbocycles. The number of anilines is 1. The van der Waals surface area contributed by atoms with Gasteiger partial charge in [-0.2, -0.15) is 9.61 Å². The smallest absolute Gasteiger partial charge is 0.165 e. The van der Waals surface area contributed by atoms with Crippen LogP contribution in [0, 0.1) is 6.92 Å². The second-order valence-corrected chi connectivity index (χ2v) is 7.00. The summed E-state index contributed by atoms with van der Waals surface area (Å²) >= 11 is 6.00. The van der Waals surface area contributed by atoms with E-state index in [9.17, 15) is 0 Å². The van der Waals surface area contributed by atoms with Crippen LogP contribution in [0.4, 0.5) is 5.82 Å². The van der Waals surface area contributed by atoms with E-state index >= 15 is 0 Å². The van der Waals surface area contributed by atoms with Gasteiger partial charge in [-0.3, -0.25) is 0 Å². The average Bonchev–Trinajstić information content (AvgIpc) is 3.00. The molecule has 24 heavy (non-hydrogen) atoms. The number of hydrogen-bond acceptors (Lipinski definition) is 3. The van der Waals surface area contributed by atoms with E-state index in [2.05, 4.69) is 16.5 Å². The Hall–Kier alpha value is -2.07. The van der Waals surface area contributed by atoms with Crippen molar-refractivity contribution in [3.63, 3.8) is 0 Å². The van der Waals surface area contributed by atoms with E-state index in [1.807, 2.05) is 41.9 Å². The van der Waals surface area contributed by atoms with Crippen LogP contribution in [0.15, 0.2) is 36.5 Å². The summed E-state index contributed by atoms with van der Waals surface area (Å²) in [5.41, 5.74) is 3.99. The lowest BCUT2D eigenvalue weighted by Gasteiger charge is -2.24. The van der Waals surface area contributed by atoms with Crippen LogP contribution in [-0.2, 0) is 0 Å². The maximum atomic E-state index is 6.00. The second-order valence-electron chi connectivity index (χ2n) is 6.56. The van der Waals surface area contributed by atoms with Crippen molar-refractivity contribution in [2.45, 2.75) is 45.1 Å². The predicted octanol–water partition coefficient (Wildman–Crippen LogP) is 5.10. The third kappa shape index (κ3) is 2.98. The zero-order chi connectivity index (χ0) is 16.5. The molecule has 0 atom stereocenters. The molecule has 0 radical (unpaired) electrons. The maximum absolute atomic E-state index is 6.00. The highest BCUT2D eigenvalue weighted by Crippen LogP contribution is 2.28. The first-order valence-corrected chi connectivity index (χ1v) is 8.96. The molecule has 124 valence electrons. The number of benzene rings is 1. The maximum Gasteiger partial charge on any atom is 0.165 e. The fraction of sp³-hybridized carbons (Fsp3) is 0.368. The molecular weight excluding hydrogens is 320 g/mol. The third-order valence-corrected chi connectivity index (χ3v) is 4.96. The van der Waals surface area contributed by atoms with Gasteiger partial charge in [0.15, 0.2) is 5.65 Å². The molecule has 4 rings (SSSR count). The number of aryl methyl sites for hydroxylation is 1. The topological polar surface area (TPSA) is 42.2 Å². The van der Waals surface area contributed by atoms with Gasteiger partial charge in [-0.15, -0.1) is 0 Å². The molecule has 5 heteroatoms. The minimum absolute atomic E-state index is 0.534. The Balaban J connectivity index is 1.74. The van der Waals surface area contributed by atoms with Gasteiger partial charge in [0.25, 0.3) is 0 Å². The lowest BCUT2D eigenvalue weighted by atomic mass is 9.95. The lowest BCUT2D eigenvalue weighted by Crippen LogP contribution is -2.24. The fourth-order valence-electron chi connectivity index (χ4n) is 3.48.